The van der Waals surface area contributed by atoms with Gasteiger partial charge in [0.15, 0.2) is 4.91 Å². The smallest absolute Gasteiger partial charge is 0.273 e. The van der Waals surface area contributed by atoms with Crippen LogP contribution in [-0.4, -0.2) is 20.1 Å². The van der Waals surface area contributed by atoms with Gasteiger partial charge in [0.05, 0.1) is 27.2 Å². The summed E-state index contributed by atoms with van der Waals surface area (Å²) in [5.74, 6) is 0.653. The summed E-state index contributed by atoms with van der Waals surface area (Å²) in [5, 5.41) is 10.0. The van der Waals surface area contributed by atoms with Crippen LogP contribution in [0.3, 0.4) is 0 Å². The Hall–Kier alpha value is -3.35. The maximum absolute atomic E-state index is 13.5. The van der Waals surface area contributed by atoms with Crippen LogP contribution in [0.4, 0.5) is 0 Å². The van der Waals surface area contributed by atoms with E-state index in [4.69, 9.17) is 27.9 Å². The second-order valence-corrected chi connectivity index (χ2v) is 10.9. The van der Waals surface area contributed by atoms with Gasteiger partial charge in [0.25, 0.3) is 5.56 Å². The number of aromatic nitrogens is 1. The molecule has 0 spiro atoms. The number of benzene rings is 3. The maximum Gasteiger partial charge on any atom is 0.273 e. The predicted molar refractivity (Wildman–Crippen MR) is 138 cm³/mol. The Kier molecular flexibility index (Phi) is 7.15. The molecule has 6 nitrogen and oxygen atoms in total. The van der Waals surface area contributed by atoms with E-state index < -0.39 is 20.3 Å². The molecule has 0 aliphatic rings. The molecule has 0 fully saturated rings. The van der Waals surface area contributed by atoms with Crippen LogP contribution in [0.2, 0.25) is 10.0 Å². The average molecular weight is 543 g/mol. The van der Waals surface area contributed by atoms with Gasteiger partial charge in [0, 0.05) is 5.02 Å². The fourth-order valence-corrected chi connectivity index (χ4v) is 6.70. The molecule has 0 atom stereocenters. The van der Waals surface area contributed by atoms with Gasteiger partial charge in [0.2, 0.25) is 9.84 Å². The summed E-state index contributed by atoms with van der Waals surface area (Å²) in [6.07, 6.45) is 1.63. The van der Waals surface area contributed by atoms with Crippen LogP contribution in [-0.2, 0) is 9.84 Å². The number of ether oxygens (including phenoxy) is 1. The largest absolute Gasteiger partial charge is 0.497 e. The lowest BCUT2D eigenvalue weighted by atomic mass is 10.2. The van der Waals surface area contributed by atoms with Crippen LogP contribution in [0.15, 0.2) is 82.5 Å². The molecular weight excluding hydrogens is 527 g/mol. The number of nitriles is 1. The second kappa shape index (κ2) is 10.1. The summed E-state index contributed by atoms with van der Waals surface area (Å²) < 4.78 is 33.7. The Balaban J connectivity index is 2.09. The molecule has 1 aromatic heterocycles. The highest BCUT2D eigenvalue weighted by molar-refractivity contribution is 8.00. The number of hydrogen-bond acceptors (Lipinski definition) is 6. The van der Waals surface area contributed by atoms with Crippen LogP contribution < -0.4 is 19.5 Å². The minimum Gasteiger partial charge on any atom is -0.497 e. The lowest BCUT2D eigenvalue weighted by Crippen LogP contribution is -2.31. The molecule has 3 aromatic carbocycles. The van der Waals surface area contributed by atoms with Gasteiger partial charge >= 0.3 is 0 Å². The molecule has 0 N–H and O–H groups in total. The van der Waals surface area contributed by atoms with Crippen LogP contribution in [0, 0.1) is 11.3 Å². The van der Waals surface area contributed by atoms with Gasteiger partial charge < -0.3 is 4.74 Å². The van der Waals surface area contributed by atoms with Crippen molar-refractivity contribution in [2.45, 2.75) is 4.90 Å². The SMILES string of the molecule is COc1ccc(/C=c2/s/c(=C(\C#N)S(=O)(=O)c3cc(Cl)ccc3Cl)n(-c3ccccc3)c2=O)cc1. The van der Waals surface area contributed by atoms with Crippen LogP contribution in [0.5, 0.6) is 5.75 Å². The number of methoxy groups -OCH3 is 1. The molecule has 0 saturated heterocycles. The topological polar surface area (TPSA) is 89.2 Å². The van der Waals surface area contributed by atoms with Crippen molar-refractivity contribution in [1.29, 1.82) is 5.26 Å². The molecule has 0 bridgehead atoms. The van der Waals surface area contributed by atoms with E-state index in [1.807, 2.05) is 0 Å². The molecule has 10 heteroatoms. The predicted octanol–water partition coefficient (Wildman–Crippen LogP) is 4.15. The van der Waals surface area contributed by atoms with Crippen molar-refractivity contribution < 1.29 is 13.2 Å². The molecule has 0 amide bonds. The van der Waals surface area contributed by atoms with Crippen molar-refractivity contribution in [2.75, 3.05) is 7.11 Å². The van der Waals surface area contributed by atoms with Crippen LogP contribution in [0.25, 0.3) is 16.7 Å². The first-order chi connectivity index (χ1) is 16.8. The third kappa shape index (κ3) is 4.90. The van der Waals surface area contributed by atoms with Gasteiger partial charge in [-0.1, -0.05) is 53.5 Å². The van der Waals surface area contributed by atoms with E-state index in [0.717, 1.165) is 11.3 Å². The highest BCUT2D eigenvalue weighted by atomic mass is 35.5. The van der Waals surface area contributed by atoms with Crippen molar-refractivity contribution in [3.05, 3.63) is 108 Å². The second-order valence-electron chi connectivity index (χ2n) is 7.18. The number of hydrogen-bond donors (Lipinski definition) is 0. The van der Waals surface area contributed by atoms with E-state index in [1.165, 1.54) is 22.8 Å². The van der Waals surface area contributed by atoms with Crippen LogP contribution >= 0.6 is 34.5 Å². The van der Waals surface area contributed by atoms with Gasteiger partial charge in [-0.15, -0.1) is 11.3 Å². The van der Waals surface area contributed by atoms with Crippen molar-refractivity contribution >= 4 is 55.4 Å². The zero-order valence-corrected chi connectivity index (χ0v) is 21.3. The summed E-state index contributed by atoms with van der Waals surface area (Å²) in [5.41, 5.74) is 0.653. The molecule has 0 aliphatic heterocycles. The highest BCUT2D eigenvalue weighted by Crippen LogP contribution is 2.29. The zero-order valence-electron chi connectivity index (χ0n) is 18.1. The first kappa shape index (κ1) is 24.8. The van der Waals surface area contributed by atoms with E-state index in [1.54, 1.807) is 73.9 Å². The summed E-state index contributed by atoms with van der Waals surface area (Å²) in [4.78, 5) is 12.6. The summed E-state index contributed by atoms with van der Waals surface area (Å²) in [6.45, 7) is 0. The fourth-order valence-electron chi connectivity index (χ4n) is 3.31. The monoisotopic (exact) mass is 542 g/mol. The molecular formula is C25H16Cl2N2O4S2. The third-order valence-corrected chi connectivity index (χ3v) is 8.64. The number of thiazole rings is 1. The lowest BCUT2D eigenvalue weighted by Gasteiger charge is -2.07. The Morgan fingerprint density at radius 2 is 1.74 bits per heavy atom. The fraction of sp³-hybridized carbons (Fsp3) is 0.0400. The van der Waals surface area contributed by atoms with E-state index in [0.29, 0.717) is 17.0 Å². The van der Waals surface area contributed by atoms with Crippen molar-refractivity contribution in [2.24, 2.45) is 0 Å². The molecule has 0 aliphatic carbocycles. The van der Waals surface area contributed by atoms with Gasteiger partial charge in [-0.05, 0) is 54.1 Å². The Labute approximate surface area is 215 Å². The first-order valence-electron chi connectivity index (χ1n) is 10.0. The maximum atomic E-state index is 13.5. The van der Waals surface area contributed by atoms with Crippen molar-refractivity contribution in [1.82, 2.24) is 4.57 Å². The first-order valence-corrected chi connectivity index (χ1v) is 13.1. The standard InChI is InChI=1S/C25H16Cl2N2O4S2/c1-33-19-10-7-16(8-11-19)13-21-24(30)29(18-5-3-2-4-6-18)25(34-21)23(15-28)35(31,32)22-14-17(26)9-12-20(22)27/h2-14H,1H3/b21-13+,25-23+. The number of sulfone groups is 1. The quantitative estimate of drug-likeness (QED) is 0.378. The van der Waals surface area contributed by atoms with E-state index in [9.17, 15) is 18.5 Å². The van der Waals surface area contributed by atoms with E-state index in [2.05, 4.69) is 0 Å². The van der Waals surface area contributed by atoms with Crippen molar-refractivity contribution in [3.63, 3.8) is 0 Å². The molecule has 0 saturated carbocycles. The number of rotatable bonds is 5. The minimum absolute atomic E-state index is 0.0421. The molecule has 0 unspecified atom stereocenters. The van der Waals surface area contributed by atoms with Gasteiger partial charge in [-0.3, -0.25) is 9.36 Å². The Morgan fingerprint density at radius 3 is 2.37 bits per heavy atom. The van der Waals surface area contributed by atoms with Crippen molar-refractivity contribution in [3.8, 4) is 17.5 Å². The van der Waals surface area contributed by atoms with Gasteiger partial charge in [-0.2, -0.15) is 5.26 Å². The molecule has 0 radical (unpaired) electrons. The lowest BCUT2D eigenvalue weighted by molar-refractivity contribution is 0.415. The minimum atomic E-state index is -4.41. The molecule has 4 rings (SSSR count). The van der Waals surface area contributed by atoms with Gasteiger partial charge in [-0.25, -0.2) is 8.42 Å². The Bertz CT molecular complexity index is 1740. The Morgan fingerprint density at radius 1 is 1.06 bits per heavy atom. The number of para-hydroxylation sites is 1. The third-order valence-electron chi connectivity index (χ3n) is 5.00. The van der Waals surface area contributed by atoms with E-state index >= 15 is 0 Å². The van der Waals surface area contributed by atoms with E-state index in [-0.39, 0.29) is 24.1 Å². The number of nitrogens with zero attached hydrogens (tertiary/aromatic N) is 2. The van der Waals surface area contributed by atoms with Gasteiger partial charge in [0.1, 0.15) is 16.5 Å². The summed E-state index contributed by atoms with van der Waals surface area (Å²) in [6, 6.07) is 21.3. The molecule has 176 valence electrons. The van der Waals surface area contributed by atoms with Crippen LogP contribution in [0.1, 0.15) is 5.56 Å². The molecule has 35 heavy (non-hydrogen) atoms. The molecule has 4 aromatic rings. The zero-order chi connectivity index (χ0) is 25.2. The average Bonchev–Trinajstić information content (AvgIpc) is 3.17. The summed E-state index contributed by atoms with van der Waals surface area (Å²) in [7, 11) is -2.86. The summed E-state index contributed by atoms with van der Waals surface area (Å²) >= 11 is 13.1. The number of halogens is 2. The highest BCUT2D eigenvalue weighted by Gasteiger charge is 2.27. The normalized spacial score (nSPS) is 12.8. The molecule has 1 heterocycles.